The zero-order valence-corrected chi connectivity index (χ0v) is 22.2. The molecule has 0 saturated heterocycles. The quantitative estimate of drug-likeness (QED) is 0.243. The summed E-state index contributed by atoms with van der Waals surface area (Å²) in [6.45, 7) is 6.03. The fourth-order valence-electron chi connectivity index (χ4n) is 3.44. The van der Waals surface area contributed by atoms with Crippen LogP contribution in [-0.2, 0) is 26.1 Å². The number of aliphatic carboxylic acids is 1. The Bertz CT molecular complexity index is 1220. The van der Waals surface area contributed by atoms with Gasteiger partial charge in [-0.2, -0.15) is 0 Å². The molecule has 0 aliphatic heterocycles. The minimum Gasteiger partial charge on any atom is -0.625 e. The summed E-state index contributed by atoms with van der Waals surface area (Å²) in [5, 5.41) is 17.4. The number of benzene rings is 3. The Hall–Kier alpha value is -3.54. The van der Waals surface area contributed by atoms with Crippen LogP contribution in [0.15, 0.2) is 96.0 Å². The number of amides is 1. The number of carboxylic acids is 1. The van der Waals surface area contributed by atoms with Crippen molar-refractivity contribution in [2.24, 2.45) is 4.99 Å². The maximum Gasteiger partial charge on any atom is 0.328 e. The number of para-hydroxylation sites is 1. The minimum atomic E-state index is -1.03. The zero-order chi connectivity index (χ0) is 26.0. The summed E-state index contributed by atoms with van der Waals surface area (Å²) in [7, 11) is 0. The second kappa shape index (κ2) is 14.3. The molecule has 0 aromatic heterocycles. The molecule has 0 aliphatic rings. The third-order valence-electron chi connectivity index (χ3n) is 5.26. The molecule has 3 aromatic carbocycles. The molecule has 196 valence electrons. The first kappa shape index (κ1) is 29.7. The Labute approximate surface area is 228 Å². The van der Waals surface area contributed by atoms with Crippen LogP contribution in [0.2, 0.25) is 0 Å². The van der Waals surface area contributed by atoms with Crippen LogP contribution in [0.25, 0.3) is 11.4 Å². The van der Waals surface area contributed by atoms with Crippen molar-refractivity contribution in [3.05, 3.63) is 113 Å². The molecule has 1 atom stereocenters. The predicted octanol–water partition coefficient (Wildman–Crippen LogP) is 6.00. The summed E-state index contributed by atoms with van der Waals surface area (Å²) in [5.74, 6) is -1.34. The number of aliphatic imine (C=N–C) groups is 1. The van der Waals surface area contributed by atoms with Gasteiger partial charge in [0.2, 0.25) is 0 Å². The van der Waals surface area contributed by atoms with Gasteiger partial charge in [0.1, 0.15) is 0 Å². The van der Waals surface area contributed by atoms with E-state index in [0.717, 1.165) is 11.1 Å². The van der Waals surface area contributed by atoms with Crippen LogP contribution in [0.3, 0.4) is 0 Å². The van der Waals surface area contributed by atoms with Crippen LogP contribution in [0, 0.1) is 0 Å². The van der Waals surface area contributed by atoms with Crippen LogP contribution in [0.1, 0.15) is 43.9 Å². The molecule has 0 spiro atoms. The Balaban J connectivity index is 0.00000481. The van der Waals surface area contributed by atoms with Gasteiger partial charge in [-0.15, -0.1) is 5.69 Å². The van der Waals surface area contributed by atoms with E-state index in [4.69, 9.17) is 0 Å². The summed E-state index contributed by atoms with van der Waals surface area (Å²) < 4.78 is 0. The van der Waals surface area contributed by atoms with Crippen LogP contribution in [0.4, 0.5) is 5.69 Å². The van der Waals surface area contributed by atoms with Crippen molar-refractivity contribution in [1.29, 1.82) is 0 Å². The molecule has 7 heteroatoms. The number of rotatable bonds is 10. The second-order valence-corrected chi connectivity index (χ2v) is 9.37. The van der Waals surface area contributed by atoms with E-state index in [9.17, 15) is 14.7 Å². The topological polar surface area (TPSA) is 92.9 Å². The Morgan fingerprint density at radius 1 is 0.946 bits per heavy atom. The summed E-state index contributed by atoms with van der Waals surface area (Å²) in [4.78, 5) is 29.4. The largest absolute Gasteiger partial charge is 0.625 e. The monoisotopic (exact) mass is 540 g/mol. The van der Waals surface area contributed by atoms with Crippen molar-refractivity contribution in [1.82, 2.24) is 5.32 Å². The SMILES string of the molecule is CC(C)(C)NCC(=O)[N-]c1ccccc1C(=NC(C/C=C/c1ccccc1)C(=O)O)c1ccccc1.[Ni]. The van der Waals surface area contributed by atoms with E-state index in [1.165, 1.54) is 0 Å². The third-order valence-corrected chi connectivity index (χ3v) is 5.26. The molecule has 1 amide bonds. The molecule has 0 radical (unpaired) electrons. The zero-order valence-electron chi connectivity index (χ0n) is 21.2. The van der Waals surface area contributed by atoms with Gasteiger partial charge in [0.25, 0.3) is 0 Å². The summed E-state index contributed by atoms with van der Waals surface area (Å²) in [6, 6.07) is 25.2. The first-order valence-corrected chi connectivity index (χ1v) is 11.9. The van der Waals surface area contributed by atoms with Gasteiger partial charge in [0, 0.05) is 34.1 Å². The van der Waals surface area contributed by atoms with E-state index in [-0.39, 0.29) is 40.9 Å². The number of nitrogens with zero attached hydrogens (tertiary/aromatic N) is 2. The predicted molar refractivity (Wildman–Crippen MR) is 146 cm³/mol. The van der Waals surface area contributed by atoms with E-state index < -0.39 is 12.0 Å². The maximum atomic E-state index is 12.6. The van der Waals surface area contributed by atoms with Gasteiger partial charge in [-0.25, -0.2) is 4.79 Å². The van der Waals surface area contributed by atoms with Crippen LogP contribution in [-0.4, -0.2) is 40.8 Å². The van der Waals surface area contributed by atoms with Crippen molar-refractivity contribution in [3.8, 4) is 0 Å². The molecule has 1 unspecified atom stereocenters. The molecule has 2 N–H and O–H groups in total. The minimum absolute atomic E-state index is 0. The van der Waals surface area contributed by atoms with Gasteiger partial charge in [-0.1, -0.05) is 97.1 Å². The normalized spacial score (nSPS) is 12.6. The number of carbonyl (C=O) groups excluding carboxylic acids is 1. The molecule has 0 bridgehead atoms. The number of hydrogen-bond acceptors (Lipinski definition) is 4. The van der Waals surface area contributed by atoms with Gasteiger partial charge in [0.05, 0.1) is 11.6 Å². The Kier molecular flexibility index (Phi) is 11.4. The molecule has 3 aromatic rings. The molecule has 0 saturated carbocycles. The van der Waals surface area contributed by atoms with Crippen molar-refractivity contribution in [2.45, 2.75) is 38.8 Å². The van der Waals surface area contributed by atoms with Gasteiger partial charge in [-0.3, -0.25) is 4.99 Å². The third kappa shape index (κ3) is 9.79. The van der Waals surface area contributed by atoms with Crippen molar-refractivity contribution in [3.63, 3.8) is 0 Å². The average Bonchev–Trinajstić information content (AvgIpc) is 2.86. The Morgan fingerprint density at radius 2 is 1.54 bits per heavy atom. The summed E-state index contributed by atoms with van der Waals surface area (Å²) in [6.07, 6.45) is 3.92. The molecule has 6 nitrogen and oxygen atoms in total. The van der Waals surface area contributed by atoms with Gasteiger partial charge in [0.15, 0.2) is 6.04 Å². The van der Waals surface area contributed by atoms with E-state index in [0.29, 0.717) is 17.0 Å². The molecule has 0 fully saturated rings. The van der Waals surface area contributed by atoms with Crippen LogP contribution >= 0.6 is 0 Å². The Morgan fingerprint density at radius 3 is 2.16 bits per heavy atom. The van der Waals surface area contributed by atoms with Gasteiger partial charge < -0.3 is 20.5 Å². The summed E-state index contributed by atoms with van der Waals surface area (Å²) in [5.41, 5.74) is 3.05. The van der Waals surface area contributed by atoms with Crippen molar-refractivity contribution < 1.29 is 31.2 Å². The first-order chi connectivity index (χ1) is 17.2. The maximum absolute atomic E-state index is 12.6. The molecule has 0 aliphatic carbocycles. The second-order valence-electron chi connectivity index (χ2n) is 9.37. The van der Waals surface area contributed by atoms with Crippen LogP contribution in [0.5, 0.6) is 0 Å². The standard InChI is InChI=1S/C30H33N3O3.Ni/c1-30(2,3)31-21-27(34)32-25-19-11-10-18-24(25)28(23-16-8-5-9-17-23)33-26(29(35)36)20-12-15-22-13-6-4-7-14-22;/h4-19,26,31H,20-21H2,1-3H3,(H2,32,33,34,35,36);/p-1/b15-12+;. The van der Waals surface area contributed by atoms with E-state index in [1.54, 1.807) is 12.1 Å². The molecule has 3 rings (SSSR count). The summed E-state index contributed by atoms with van der Waals surface area (Å²) >= 11 is 0. The van der Waals surface area contributed by atoms with Crippen molar-refractivity contribution >= 4 is 29.4 Å². The molecule has 0 heterocycles. The van der Waals surface area contributed by atoms with E-state index in [1.807, 2.05) is 106 Å². The number of nitrogens with one attached hydrogen (secondary N) is 1. The van der Waals surface area contributed by atoms with E-state index >= 15 is 0 Å². The number of carbonyl (C=O) groups is 2. The fraction of sp³-hybridized carbons (Fsp3) is 0.233. The van der Waals surface area contributed by atoms with Gasteiger partial charge in [-0.05, 0) is 38.3 Å². The number of hydrogen-bond donors (Lipinski definition) is 2. The van der Waals surface area contributed by atoms with Crippen LogP contribution < -0.4 is 5.32 Å². The van der Waals surface area contributed by atoms with E-state index in [2.05, 4.69) is 15.6 Å². The molecular weight excluding hydrogens is 509 g/mol. The molecular formula is C30H32N3NiO3-. The van der Waals surface area contributed by atoms with Crippen molar-refractivity contribution in [2.75, 3.05) is 6.54 Å². The first-order valence-electron chi connectivity index (χ1n) is 11.9. The number of carboxylic acid groups (broad SMARTS) is 1. The molecule has 37 heavy (non-hydrogen) atoms. The smallest absolute Gasteiger partial charge is 0.328 e. The fourth-order valence-corrected chi connectivity index (χ4v) is 3.44. The van der Waals surface area contributed by atoms with Gasteiger partial charge >= 0.3 is 5.97 Å². The average molecular weight is 541 g/mol.